The Morgan fingerprint density at radius 3 is 2.38 bits per heavy atom. The molecule has 76 valence electrons. The molecule has 13 heavy (non-hydrogen) atoms. The maximum Gasteiger partial charge on any atom is 0.396 e. The number of amides is 1. The Kier molecular flexibility index (Phi) is 4.76. The maximum atomic E-state index is 11.5. The second-order valence-electron chi connectivity index (χ2n) is 3.81. The lowest BCUT2D eigenvalue weighted by molar-refractivity contribution is 0.158. The van der Waals surface area contributed by atoms with E-state index in [2.05, 4.69) is 6.58 Å². The zero-order valence-electron chi connectivity index (χ0n) is 8.96. The molecule has 0 heterocycles. The third kappa shape index (κ3) is 5.46. The van der Waals surface area contributed by atoms with Crippen LogP contribution in [0.15, 0.2) is 12.7 Å². The zero-order chi connectivity index (χ0) is 10.5. The van der Waals surface area contributed by atoms with Gasteiger partial charge in [-0.1, -0.05) is 6.08 Å². The fourth-order valence-electron chi connectivity index (χ4n) is 0.815. The van der Waals surface area contributed by atoms with Crippen molar-refractivity contribution >= 4 is 14.4 Å². The highest BCUT2D eigenvalue weighted by atomic mass is 28.4. The predicted octanol–water partition coefficient (Wildman–Crippen LogP) is 2.47. The van der Waals surface area contributed by atoms with Crippen molar-refractivity contribution in [2.45, 2.75) is 26.6 Å². The molecule has 0 rings (SSSR count). The third-order valence-electron chi connectivity index (χ3n) is 1.38. The summed E-state index contributed by atoms with van der Waals surface area (Å²) >= 11 is 0. The van der Waals surface area contributed by atoms with Gasteiger partial charge in [0.25, 0.3) is 0 Å². The highest BCUT2D eigenvalue weighted by Crippen LogP contribution is 2.06. The first-order valence-corrected chi connectivity index (χ1v) is 7.90. The quantitative estimate of drug-likeness (QED) is 0.516. The predicted molar refractivity (Wildman–Crippen MR) is 57.3 cm³/mol. The summed E-state index contributed by atoms with van der Waals surface area (Å²) in [5.74, 6) is 0. The van der Waals surface area contributed by atoms with Gasteiger partial charge in [-0.3, -0.25) is 0 Å². The van der Waals surface area contributed by atoms with Gasteiger partial charge in [-0.05, 0) is 26.6 Å². The van der Waals surface area contributed by atoms with E-state index in [0.29, 0.717) is 13.1 Å². The van der Waals surface area contributed by atoms with Crippen molar-refractivity contribution in [1.82, 2.24) is 4.90 Å². The topological polar surface area (TPSA) is 29.5 Å². The molecule has 3 nitrogen and oxygen atoms in total. The molecule has 0 aliphatic rings. The van der Waals surface area contributed by atoms with Crippen LogP contribution in [0.2, 0.25) is 19.6 Å². The van der Waals surface area contributed by atoms with Crippen LogP contribution in [-0.4, -0.2) is 32.4 Å². The monoisotopic (exact) mass is 201 g/mol. The molecular weight excluding hydrogens is 182 g/mol. The van der Waals surface area contributed by atoms with Gasteiger partial charge in [0.1, 0.15) is 0 Å². The molecule has 0 bridgehead atoms. The second kappa shape index (κ2) is 5.06. The summed E-state index contributed by atoms with van der Waals surface area (Å²) in [4.78, 5) is 13.1. The molecule has 0 aliphatic carbocycles. The molecule has 0 aromatic carbocycles. The van der Waals surface area contributed by atoms with E-state index in [-0.39, 0.29) is 6.09 Å². The fourth-order valence-corrected chi connectivity index (χ4v) is 1.47. The molecule has 0 unspecified atom stereocenters. The van der Waals surface area contributed by atoms with E-state index in [4.69, 9.17) is 4.43 Å². The van der Waals surface area contributed by atoms with Crippen molar-refractivity contribution in [2.24, 2.45) is 0 Å². The van der Waals surface area contributed by atoms with E-state index in [1.807, 2.05) is 26.6 Å². The van der Waals surface area contributed by atoms with Crippen LogP contribution < -0.4 is 0 Å². The summed E-state index contributed by atoms with van der Waals surface area (Å²) in [6, 6.07) is 0. The van der Waals surface area contributed by atoms with Crippen LogP contribution >= 0.6 is 0 Å². The highest BCUT2D eigenvalue weighted by Gasteiger charge is 2.22. The molecule has 0 saturated carbocycles. The van der Waals surface area contributed by atoms with Gasteiger partial charge in [-0.2, -0.15) is 0 Å². The molecule has 0 aliphatic heterocycles. The molecule has 0 fully saturated rings. The number of carbonyl (C=O) groups is 1. The summed E-state index contributed by atoms with van der Waals surface area (Å²) in [6.07, 6.45) is 1.48. The van der Waals surface area contributed by atoms with Crippen molar-refractivity contribution in [3.63, 3.8) is 0 Å². The summed E-state index contributed by atoms with van der Waals surface area (Å²) in [6.45, 7) is 12.7. The smallest absolute Gasteiger partial charge is 0.396 e. The van der Waals surface area contributed by atoms with Gasteiger partial charge in [0.05, 0.1) is 0 Å². The van der Waals surface area contributed by atoms with E-state index >= 15 is 0 Å². The van der Waals surface area contributed by atoms with Gasteiger partial charge in [-0.15, -0.1) is 6.58 Å². The number of hydrogen-bond acceptors (Lipinski definition) is 2. The zero-order valence-corrected chi connectivity index (χ0v) is 9.96. The van der Waals surface area contributed by atoms with Gasteiger partial charge in [0, 0.05) is 13.1 Å². The van der Waals surface area contributed by atoms with E-state index in [1.165, 1.54) is 0 Å². The van der Waals surface area contributed by atoms with Crippen molar-refractivity contribution in [3.8, 4) is 0 Å². The van der Waals surface area contributed by atoms with Crippen LogP contribution in [0, 0.1) is 0 Å². The van der Waals surface area contributed by atoms with E-state index in [0.717, 1.165) is 0 Å². The highest BCUT2D eigenvalue weighted by molar-refractivity contribution is 6.71. The van der Waals surface area contributed by atoms with Crippen LogP contribution in [0.1, 0.15) is 6.92 Å². The summed E-state index contributed by atoms with van der Waals surface area (Å²) in [5, 5.41) is 0. The molecule has 4 heteroatoms. The minimum Gasteiger partial charge on any atom is -0.504 e. The van der Waals surface area contributed by atoms with E-state index in [9.17, 15) is 4.79 Å². The first-order chi connectivity index (χ1) is 5.90. The Bertz CT molecular complexity index is 187. The minimum atomic E-state index is -1.75. The minimum absolute atomic E-state index is 0.221. The Hall–Kier alpha value is -0.773. The molecule has 0 saturated heterocycles. The van der Waals surface area contributed by atoms with E-state index in [1.54, 1.807) is 11.0 Å². The lowest BCUT2D eigenvalue weighted by Gasteiger charge is -2.24. The number of carbonyl (C=O) groups excluding carboxylic acids is 1. The molecule has 0 spiro atoms. The van der Waals surface area contributed by atoms with Crippen molar-refractivity contribution < 1.29 is 9.22 Å². The lowest BCUT2D eigenvalue weighted by Crippen LogP contribution is -2.39. The molecule has 1 amide bonds. The van der Waals surface area contributed by atoms with Crippen LogP contribution in [0.4, 0.5) is 4.79 Å². The average Bonchev–Trinajstić information content (AvgIpc) is 1.96. The molecule has 0 aromatic heterocycles. The Morgan fingerprint density at radius 1 is 1.54 bits per heavy atom. The molecule has 0 atom stereocenters. The van der Waals surface area contributed by atoms with Crippen molar-refractivity contribution in [1.29, 1.82) is 0 Å². The Morgan fingerprint density at radius 2 is 2.08 bits per heavy atom. The van der Waals surface area contributed by atoms with Gasteiger partial charge in [0.15, 0.2) is 0 Å². The standard InChI is InChI=1S/C9H19NO2Si/c1-6-8-10(7-2)9(11)12-13(3,4)5/h6H,1,7-8H2,2-5H3. The van der Waals surface area contributed by atoms with Crippen LogP contribution in [0.25, 0.3) is 0 Å². The van der Waals surface area contributed by atoms with Crippen LogP contribution in [0.3, 0.4) is 0 Å². The summed E-state index contributed by atoms with van der Waals surface area (Å²) < 4.78 is 5.32. The average molecular weight is 201 g/mol. The van der Waals surface area contributed by atoms with Crippen molar-refractivity contribution in [2.75, 3.05) is 13.1 Å². The van der Waals surface area contributed by atoms with Gasteiger partial charge in [0.2, 0.25) is 8.32 Å². The third-order valence-corrected chi connectivity index (χ3v) is 2.17. The normalized spacial score (nSPS) is 10.8. The van der Waals surface area contributed by atoms with Crippen molar-refractivity contribution in [3.05, 3.63) is 12.7 Å². The largest absolute Gasteiger partial charge is 0.504 e. The molecule has 0 N–H and O–H groups in total. The SMILES string of the molecule is C=CCN(CC)C(=O)O[Si](C)(C)C. The van der Waals surface area contributed by atoms with Gasteiger partial charge < -0.3 is 9.33 Å². The fraction of sp³-hybridized carbons (Fsp3) is 0.667. The van der Waals surface area contributed by atoms with Gasteiger partial charge >= 0.3 is 6.09 Å². The Balaban J connectivity index is 4.13. The second-order valence-corrected chi connectivity index (χ2v) is 8.24. The molecule has 0 aromatic rings. The Labute approximate surface area is 81.5 Å². The van der Waals surface area contributed by atoms with Crippen LogP contribution in [-0.2, 0) is 4.43 Å². The first-order valence-electron chi connectivity index (χ1n) is 4.49. The molecule has 0 radical (unpaired) electrons. The molecular formula is C9H19NO2Si. The summed E-state index contributed by atoms with van der Waals surface area (Å²) in [5.41, 5.74) is 0. The number of nitrogens with zero attached hydrogens (tertiary/aromatic N) is 1. The van der Waals surface area contributed by atoms with E-state index < -0.39 is 8.32 Å². The summed E-state index contributed by atoms with van der Waals surface area (Å²) in [7, 11) is -1.75. The lowest BCUT2D eigenvalue weighted by atomic mass is 10.5. The number of rotatable bonds is 4. The van der Waals surface area contributed by atoms with Crippen LogP contribution in [0.5, 0.6) is 0 Å². The maximum absolute atomic E-state index is 11.5. The van der Waals surface area contributed by atoms with Gasteiger partial charge in [-0.25, -0.2) is 4.79 Å². The number of hydrogen-bond donors (Lipinski definition) is 0. The number of likely N-dealkylation sites (N-methyl/N-ethyl adjacent to an activating group) is 1. The first kappa shape index (κ1) is 12.2.